The van der Waals surface area contributed by atoms with E-state index in [0.717, 1.165) is 19.5 Å². The van der Waals surface area contributed by atoms with Crippen molar-refractivity contribution in [3.05, 3.63) is 35.9 Å². The van der Waals surface area contributed by atoms with Gasteiger partial charge in [0.2, 0.25) is 0 Å². The topological polar surface area (TPSA) is 41.3 Å². The lowest BCUT2D eigenvalue weighted by molar-refractivity contribution is 0.292. The van der Waals surface area contributed by atoms with Gasteiger partial charge in [-0.1, -0.05) is 30.3 Å². The largest absolute Gasteiger partial charge is 0.329 e. The van der Waals surface area contributed by atoms with Gasteiger partial charge in [-0.3, -0.25) is 0 Å². The van der Waals surface area contributed by atoms with Crippen LogP contribution in [0.25, 0.3) is 0 Å². The molecular weight excluding hydrogens is 210 g/mol. The molecule has 1 aliphatic rings. The second-order valence-electron chi connectivity index (χ2n) is 5.25. The summed E-state index contributed by atoms with van der Waals surface area (Å²) in [6.45, 7) is 5.09. The Morgan fingerprint density at radius 3 is 2.65 bits per heavy atom. The van der Waals surface area contributed by atoms with Gasteiger partial charge < -0.3 is 16.0 Å². The Labute approximate surface area is 104 Å². The van der Waals surface area contributed by atoms with Gasteiger partial charge in [0.05, 0.1) is 0 Å². The number of rotatable bonds is 4. The minimum atomic E-state index is 0.0873. The van der Waals surface area contributed by atoms with E-state index in [9.17, 15) is 0 Å². The van der Waals surface area contributed by atoms with Crippen LogP contribution in [-0.2, 0) is 0 Å². The molecule has 1 aromatic carbocycles. The Morgan fingerprint density at radius 1 is 1.41 bits per heavy atom. The van der Waals surface area contributed by atoms with Crippen molar-refractivity contribution in [1.82, 2.24) is 10.2 Å². The smallest absolute Gasteiger partial charge is 0.0449 e. The summed E-state index contributed by atoms with van der Waals surface area (Å²) < 4.78 is 0. The molecule has 2 unspecified atom stereocenters. The maximum Gasteiger partial charge on any atom is 0.0449 e. The van der Waals surface area contributed by atoms with E-state index >= 15 is 0 Å². The van der Waals surface area contributed by atoms with Gasteiger partial charge in [0.1, 0.15) is 0 Å². The van der Waals surface area contributed by atoms with Crippen molar-refractivity contribution in [2.75, 3.05) is 26.7 Å². The molecule has 0 aliphatic carbocycles. The van der Waals surface area contributed by atoms with Crippen LogP contribution >= 0.6 is 0 Å². The van der Waals surface area contributed by atoms with Crippen molar-refractivity contribution >= 4 is 0 Å². The van der Waals surface area contributed by atoms with Crippen LogP contribution in [0.15, 0.2) is 30.3 Å². The fourth-order valence-electron chi connectivity index (χ4n) is 2.71. The van der Waals surface area contributed by atoms with E-state index in [1.54, 1.807) is 0 Å². The number of hydrogen-bond donors (Lipinski definition) is 2. The molecule has 1 heterocycles. The van der Waals surface area contributed by atoms with Gasteiger partial charge in [0.25, 0.3) is 0 Å². The highest BCUT2D eigenvalue weighted by molar-refractivity contribution is 5.19. The molecule has 1 aromatic rings. The summed E-state index contributed by atoms with van der Waals surface area (Å²) in [5.74, 6) is 0. The molecule has 0 amide bonds. The van der Waals surface area contributed by atoms with Crippen molar-refractivity contribution < 1.29 is 0 Å². The van der Waals surface area contributed by atoms with Crippen LogP contribution in [-0.4, -0.2) is 37.1 Å². The van der Waals surface area contributed by atoms with Crippen molar-refractivity contribution in [2.24, 2.45) is 5.73 Å². The summed E-state index contributed by atoms with van der Waals surface area (Å²) in [6, 6.07) is 10.9. The summed E-state index contributed by atoms with van der Waals surface area (Å²) in [7, 11) is 2.16. The molecule has 1 saturated heterocycles. The highest BCUT2D eigenvalue weighted by Crippen LogP contribution is 2.23. The first-order chi connectivity index (χ1) is 8.15. The van der Waals surface area contributed by atoms with E-state index in [1.165, 1.54) is 5.56 Å². The Hall–Kier alpha value is -0.900. The number of hydrogen-bond acceptors (Lipinski definition) is 3. The van der Waals surface area contributed by atoms with E-state index in [1.807, 2.05) is 0 Å². The Bertz CT molecular complexity index is 352. The number of nitrogens with two attached hydrogens (primary N) is 1. The van der Waals surface area contributed by atoms with Gasteiger partial charge in [-0.15, -0.1) is 0 Å². The van der Waals surface area contributed by atoms with Crippen LogP contribution < -0.4 is 11.1 Å². The third-order valence-electron chi connectivity index (χ3n) is 3.76. The molecule has 2 atom stereocenters. The molecule has 3 nitrogen and oxygen atoms in total. The molecule has 1 fully saturated rings. The lowest BCUT2D eigenvalue weighted by Crippen LogP contribution is -2.53. The average molecular weight is 233 g/mol. The first-order valence-electron chi connectivity index (χ1n) is 6.36. The minimum absolute atomic E-state index is 0.0873. The first-order valence-corrected chi connectivity index (χ1v) is 6.36. The summed E-state index contributed by atoms with van der Waals surface area (Å²) in [4.78, 5) is 2.34. The third-order valence-corrected chi connectivity index (χ3v) is 3.76. The van der Waals surface area contributed by atoms with Gasteiger partial charge >= 0.3 is 0 Å². The summed E-state index contributed by atoms with van der Waals surface area (Å²) in [5, 5.41) is 3.72. The predicted octanol–water partition coefficient (Wildman–Crippen LogP) is 1.37. The minimum Gasteiger partial charge on any atom is -0.329 e. The molecule has 2 rings (SSSR count). The molecule has 0 spiro atoms. The second kappa shape index (κ2) is 5.17. The number of benzene rings is 1. The van der Waals surface area contributed by atoms with E-state index in [2.05, 4.69) is 54.5 Å². The van der Waals surface area contributed by atoms with Crippen LogP contribution in [0.1, 0.15) is 24.9 Å². The monoisotopic (exact) mass is 233 g/mol. The molecule has 0 radical (unpaired) electrons. The van der Waals surface area contributed by atoms with Crippen molar-refractivity contribution in [3.8, 4) is 0 Å². The number of nitrogens with zero attached hydrogens (tertiary/aromatic N) is 1. The molecule has 1 aliphatic heterocycles. The van der Waals surface area contributed by atoms with E-state index in [0.29, 0.717) is 12.6 Å². The van der Waals surface area contributed by atoms with Gasteiger partial charge in [-0.2, -0.15) is 0 Å². The molecule has 0 bridgehead atoms. The van der Waals surface area contributed by atoms with Gasteiger partial charge in [-0.25, -0.2) is 0 Å². The standard InChI is InChI=1S/C14H23N3/c1-12(13-6-4-3-5-7-13)16-14(10-15)8-9-17(2)11-14/h3-7,12,16H,8-11,15H2,1-2H3. The molecular formula is C14H23N3. The third kappa shape index (κ3) is 2.86. The Balaban J connectivity index is 2.05. The van der Waals surface area contributed by atoms with Crippen molar-refractivity contribution in [2.45, 2.75) is 24.9 Å². The number of likely N-dealkylation sites (tertiary alicyclic amines) is 1. The molecule has 3 N–H and O–H groups in total. The average Bonchev–Trinajstić information content (AvgIpc) is 2.72. The zero-order valence-electron chi connectivity index (χ0n) is 10.8. The van der Waals surface area contributed by atoms with Crippen LogP contribution in [0.2, 0.25) is 0 Å². The highest BCUT2D eigenvalue weighted by Gasteiger charge is 2.36. The van der Waals surface area contributed by atoms with Gasteiger partial charge in [-0.05, 0) is 32.5 Å². The summed E-state index contributed by atoms with van der Waals surface area (Å²) in [5.41, 5.74) is 7.38. The maximum atomic E-state index is 5.97. The zero-order chi connectivity index (χ0) is 12.3. The van der Waals surface area contributed by atoms with Gasteiger partial charge in [0.15, 0.2) is 0 Å². The lowest BCUT2D eigenvalue weighted by Gasteiger charge is -2.32. The quantitative estimate of drug-likeness (QED) is 0.825. The summed E-state index contributed by atoms with van der Waals surface area (Å²) in [6.07, 6.45) is 1.14. The Kier molecular flexibility index (Phi) is 3.82. The predicted molar refractivity (Wildman–Crippen MR) is 71.9 cm³/mol. The molecule has 0 saturated carbocycles. The molecule has 3 heteroatoms. The fraction of sp³-hybridized carbons (Fsp3) is 0.571. The van der Waals surface area contributed by atoms with E-state index < -0.39 is 0 Å². The summed E-state index contributed by atoms with van der Waals surface area (Å²) >= 11 is 0. The lowest BCUT2D eigenvalue weighted by atomic mass is 9.96. The van der Waals surface area contributed by atoms with Crippen molar-refractivity contribution in [3.63, 3.8) is 0 Å². The molecule has 0 aromatic heterocycles. The van der Waals surface area contributed by atoms with Crippen LogP contribution in [0.3, 0.4) is 0 Å². The number of likely N-dealkylation sites (N-methyl/N-ethyl adjacent to an activating group) is 1. The number of nitrogens with one attached hydrogen (secondary N) is 1. The van der Waals surface area contributed by atoms with Gasteiger partial charge in [0, 0.05) is 24.7 Å². The normalized spacial score (nSPS) is 27.2. The van der Waals surface area contributed by atoms with Crippen LogP contribution in [0.4, 0.5) is 0 Å². The molecule has 94 valence electrons. The SMILES string of the molecule is CC(NC1(CN)CCN(C)C1)c1ccccc1. The Morgan fingerprint density at radius 2 is 2.12 bits per heavy atom. The van der Waals surface area contributed by atoms with E-state index in [-0.39, 0.29) is 5.54 Å². The van der Waals surface area contributed by atoms with Crippen molar-refractivity contribution in [1.29, 1.82) is 0 Å². The highest BCUT2D eigenvalue weighted by atomic mass is 15.2. The van der Waals surface area contributed by atoms with Crippen LogP contribution in [0, 0.1) is 0 Å². The second-order valence-corrected chi connectivity index (χ2v) is 5.25. The molecule has 17 heavy (non-hydrogen) atoms. The first kappa shape index (κ1) is 12.6. The zero-order valence-corrected chi connectivity index (χ0v) is 10.8. The maximum absolute atomic E-state index is 5.97. The van der Waals surface area contributed by atoms with Crippen LogP contribution in [0.5, 0.6) is 0 Å². The van der Waals surface area contributed by atoms with E-state index in [4.69, 9.17) is 5.73 Å². The fourth-order valence-corrected chi connectivity index (χ4v) is 2.71.